The number of aromatic amines is 1. The van der Waals surface area contributed by atoms with Crippen molar-refractivity contribution in [3.05, 3.63) is 53.6 Å². The smallest absolute Gasteiger partial charge is 0.356 e. The predicted molar refractivity (Wildman–Crippen MR) is 88.6 cm³/mol. The molecule has 0 amide bonds. The molecule has 0 unspecified atom stereocenters. The van der Waals surface area contributed by atoms with Crippen LogP contribution in [-0.4, -0.2) is 31.4 Å². The number of hydrogen-bond acceptors (Lipinski definition) is 4. The largest absolute Gasteiger partial charge is 0.494 e. The zero-order valence-electron chi connectivity index (χ0n) is 12.1. The Kier molecular flexibility index (Phi) is 3.02. The highest BCUT2D eigenvalue weighted by atomic mass is 31.2. The lowest BCUT2D eigenvalue weighted by atomic mass is 10.0. The normalized spacial score (nSPS) is 14.1. The Bertz CT molecular complexity index is 1090. The lowest BCUT2D eigenvalue weighted by Crippen LogP contribution is -2.11. The first-order chi connectivity index (χ1) is 11.4. The Morgan fingerprint density at radius 3 is 2.54 bits per heavy atom. The average molecular weight is 342 g/mol. The molecule has 4 rings (SSSR count). The number of carbonyl (C=O) groups excluding carboxylic acids is 1. The SMILES string of the molecule is O=C1C(c2c(O)[nH]c3ccc(P(=O)(O)O)cc23)=Nc2ccccc21. The summed E-state index contributed by atoms with van der Waals surface area (Å²) < 4.78 is 11.5. The number of hydrogen-bond donors (Lipinski definition) is 4. The van der Waals surface area contributed by atoms with Crippen molar-refractivity contribution in [2.24, 2.45) is 4.99 Å². The van der Waals surface area contributed by atoms with E-state index in [9.17, 15) is 24.3 Å². The summed E-state index contributed by atoms with van der Waals surface area (Å²) in [5.74, 6) is -0.615. The number of para-hydroxylation sites is 1. The number of rotatable bonds is 2. The second-order valence-corrected chi connectivity index (χ2v) is 7.03. The lowest BCUT2D eigenvalue weighted by molar-refractivity contribution is 0.107. The Hall–Kier alpha value is -2.73. The Balaban J connectivity index is 1.97. The number of carbonyl (C=O) groups is 1. The third-order valence-corrected chi connectivity index (χ3v) is 4.88. The molecule has 0 saturated carbocycles. The van der Waals surface area contributed by atoms with E-state index in [0.717, 1.165) is 0 Å². The topological polar surface area (TPSA) is 123 Å². The number of H-pyrrole nitrogens is 1. The van der Waals surface area contributed by atoms with Crippen LogP contribution in [0.1, 0.15) is 15.9 Å². The molecule has 2 aromatic carbocycles. The summed E-state index contributed by atoms with van der Waals surface area (Å²) in [4.78, 5) is 38.2. The maximum absolute atomic E-state index is 12.6. The van der Waals surface area contributed by atoms with Gasteiger partial charge in [0, 0.05) is 16.5 Å². The van der Waals surface area contributed by atoms with Gasteiger partial charge in [-0.05, 0) is 30.3 Å². The van der Waals surface area contributed by atoms with Crippen molar-refractivity contribution >= 4 is 41.0 Å². The molecule has 3 aromatic rings. The zero-order valence-corrected chi connectivity index (χ0v) is 13.0. The van der Waals surface area contributed by atoms with Crippen LogP contribution in [-0.2, 0) is 4.57 Å². The number of fused-ring (bicyclic) bond motifs is 2. The van der Waals surface area contributed by atoms with Gasteiger partial charge in [-0.2, -0.15) is 0 Å². The van der Waals surface area contributed by atoms with Crippen LogP contribution in [0.4, 0.5) is 5.69 Å². The molecule has 120 valence electrons. The van der Waals surface area contributed by atoms with Crippen LogP contribution >= 0.6 is 7.60 Å². The van der Waals surface area contributed by atoms with Crippen molar-refractivity contribution in [3.8, 4) is 5.88 Å². The summed E-state index contributed by atoms with van der Waals surface area (Å²) in [5, 5.41) is 10.3. The minimum Gasteiger partial charge on any atom is -0.494 e. The van der Waals surface area contributed by atoms with Crippen LogP contribution in [0.25, 0.3) is 10.9 Å². The van der Waals surface area contributed by atoms with Crippen LogP contribution in [0.2, 0.25) is 0 Å². The summed E-state index contributed by atoms with van der Waals surface area (Å²) in [6, 6.07) is 10.8. The van der Waals surface area contributed by atoms with Crippen molar-refractivity contribution in [3.63, 3.8) is 0 Å². The second kappa shape index (κ2) is 4.88. The van der Waals surface area contributed by atoms with E-state index in [1.165, 1.54) is 18.2 Å². The molecule has 0 radical (unpaired) electrons. The molecule has 0 aliphatic carbocycles. The molecule has 0 fully saturated rings. The molecule has 0 spiro atoms. The third kappa shape index (κ3) is 2.11. The highest BCUT2D eigenvalue weighted by Gasteiger charge is 2.30. The van der Waals surface area contributed by atoms with E-state index in [2.05, 4.69) is 9.98 Å². The zero-order chi connectivity index (χ0) is 17.1. The minimum atomic E-state index is -4.46. The van der Waals surface area contributed by atoms with Crippen LogP contribution in [0.15, 0.2) is 47.5 Å². The van der Waals surface area contributed by atoms with E-state index in [1.54, 1.807) is 24.3 Å². The van der Waals surface area contributed by atoms with Crippen molar-refractivity contribution < 1.29 is 24.3 Å². The molecular weight excluding hydrogens is 331 g/mol. The average Bonchev–Trinajstić information content (AvgIpc) is 3.02. The van der Waals surface area contributed by atoms with Crippen molar-refractivity contribution in [2.75, 3.05) is 0 Å². The number of aliphatic imine (C=N–C) groups is 1. The fourth-order valence-electron chi connectivity index (χ4n) is 2.82. The van der Waals surface area contributed by atoms with Gasteiger partial charge >= 0.3 is 7.60 Å². The van der Waals surface area contributed by atoms with Crippen molar-refractivity contribution in [2.45, 2.75) is 0 Å². The van der Waals surface area contributed by atoms with Crippen molar-refractivity contribution in [1.29, 1.82) is 0 Å². The first-order valence-corrected chi connectivity index (χ1v) is 8.61. The number of aromatic hydroxyl groups is 1. The number of nitrogens with one attached hydrogen (secondary N) is 1. The van der Waals surface area contributed by atoms with E-state index in [-0.39, 0.29) is 28.2 Å². The summed E-state index contributed by atoms with van der Waals surface area (Å²) in [5.41, 5.74) is 1.56. The Morgan fingerprint density at radius 1 is 1.08 bits per heavy atom. The van der Waals surface area contributed by atoms with Gasteiger partial charge in [0.1, 0.15) is 5.71 Å². The van der Waals surface area contributed by atoms with Crippen LogP contribution in [0.3, 0.4) is 0 Å². The summed E-state index contributed by atoms with van der Waals surface area (Å²) in [6.45, 7) is 0. The van der Waals surface area contributed by atoms with Gasteiger partial charge < -0.3 is 19.9 Å². The standard InChI is InChI=1S/C16H11N2O5P/c19-15-9-3-1-2-4-11(9)17-14(15)13-10-7-8(24(21,22)23)5-6-12(10)18-16(13)20/h1-7,18,20H,(H2,21,22,23). The lowest BCUT2D eigenvalue weighted by Gasteiger charge is -2.04. The van der Waals surface area contributed by atoms with Gasteiger partial charge in [0.15, 0.2) is 5.88 Å². The number of aromatic nitrogens is 1. The molecule has 1 aromatic heterocycles. The van der Waals surface area contributed by atoms with E-state index in [1.807, 2.05) is 0 Å². The van der Waals surface area contributed by atoms with E-state index < -0.39 is 7.60 Å². The van der Waals surface area contributed by atoms with Gasteiger partial charge in [0.05, 0.1) is 16.6 Å². The minimum absolute atomic E-state index is 0.0443. The number of Topliss-reactive ketones (excluding diaryl/α,β-unsaturated/α-hetero) is 1. The van der Waals surface area contributed by atoms with Gasteiger partial charge in [-0.1, -0.05) is 12.1 Å². The number of benzene rings is 2. The van der Waals surface area contributed by atoms with Gasteiger partial charge in [-0.3, -0.25) is 9.36 Å². The van der Waals surface area contributed by atoms with Crippen LogP contribution in [0, 0.1) is 0 Å². The fourth-order valence-corrected chi connectivity index (χ4v) is 3.38. The molecule has 7 nitrogen and oxygen atoms in total. The molecule has 2 heterocycles. The van der Waals surface area contributed by atoms with E-state index in [4.69, 9.17) is 0 Å². The third-order valence-electron chi connectivity index (χ3n) is 3.93. The van der Waals surface area contributed by atoms with Gasteiger partial charge in [-0.25, -0.2) is 4.99 Å². The Labute approximate surface area is 135 Å². The molecule has 1 aliphatic heterocycles. The predicted octanol–water partition coefficient (Wildman–Crippen LogP) is 1.99. The van der Waals surface area contributed by atoms with Gasteiger partial charge in [0.2, 0.25) is 5.78 Å². The van der Waals surface area contributed by atoms with E-state index in [0.29, 0.717) is 22.2 Å². The monoisotopic (exact) mass is 342 g/mol. The quantitative estimate of drug-likeness (QED) is 0.530. The first-order valence-electron chi connectivity index (χ1n) is 7.00. The summed E-state index contributed by atoms with van der Waals surface area (Å²) in [6.07, 6.45) is 0. The molecule has 0 bridgehead atoms. The van der Waals surface area contributed by atoms with E-state index >= 15 is 0 Å². The fraction of sp³-hybridized carbons (Fsp3) is 0. The van der Waals surface area contributed by atoms with Crippen LogP contribution < -0.4 is 5.30 Å². The highest BCUT2D eigenvalue weighted by Crippen LogP contribution is 2.38. The molecule has 0 saturated heterocycles. The molecule has 4 N–H and O–H groups in total. The first kappa shape index (κ1) is 14.8. The highest BCUT2D eigenvalue weighted by molar-refractivity contribution is 7.60. The van der Waals surface area contributed by atoms with Gasteiger partial charge in [0.25, 0.3) is 0 Å². The maximum Gasteiger partial charge on any atom is 0.356 e. The van der Waals surface area contributed by atoms with Gasteiger partial charge in [-0.15, -0.1) is 0 Å². The number of ketones is 1. The molecule has 24 heavy (non-hydrogen) atoms. The second-order valence-electron chi connectivity index (χ2n) is 5.43. The molecule has 8 heteroatoms. The summed E-state index contributed by atoms with van der Waals surface area (Å²) >= 11 is 0. The Morgan fingerprint density at radius 2 is 1.83 bits per heavy atom. The summed E-state index contributed by atoms with van der Waals surface area (Å²) in [7, 11) is -4.46. The number of nitrogens with zero attached hydrogens (tertiary/aromatic N) is 1. The maximum atomic E-state index is 12.6. The van der Waals surface area contributed by atoms with Crippen molar-refractivity contribution in [1.82, 2.24) is 4.98 Å². The molecule has 0 atom stereocenters. The molecular formula is C16H11N2O5P. The van der Waals surface area contributed by atoms with Crippen LogP contribution in [0.5, 0.6) is 5.88 Å². The molecule has 1 aliphatic rings.